The highest BCUT2D eigenvalue weighted by molar-refractivity contribution is 7.21. The quantitative estimate of drug-likeness (QED) is 0.456. The van der Waals surface area contributed by atoms with Gasteiger partial charge in [-0.3, -0.25) is 14.2 Å². The molecule has 33 heavy (non-hydrogen) atoms. The number of carbonyl (C=O) groups is 1. The monoisotopic (exact) mass is 460 g/mol. The molecule has 0 aliphatic carbocycles. The molecule has 4 aromatic rings. The van der Waals surface area contributed by atoms with Crippen molar-refractivity contribution in [2.45, 2.75) is 6.54 Å². The second-order valence-corrected chi connectivity index (χ2v) is 8.97. The number of fused-ring (bicyclic) bond motifs is 1. The van der Waals surface area contributed by atoms with Crippen LogP contribution in [0.1, 0.15) is 0 Å². The van der Waals surface area contributed by atoms with Gasteiger partial charge in [-0.15, -0.1) is 11.3 Å². The zero-order valence-electron chi connectivity index (χ0n) is 18.3. The van der Waals surface area contributed by atoms with Gasteiger partial charge in [-0.25, -0.2) is 4.98 Å². The molecule has 0 unspecified atom stereocenters. The van der Waals surface area contributed by atoms with Crippen molar-refractivity contribution in [3.63, 3.8) is 0 Å². The first-order chi connectivity index (χ1) is 16.1. The molecule has 1 aliphatic rings. The van der Waals surface area contributed by atoms with Gasteiger partial charge in [-0.1, -0.05) is 36.4 Å². The molecule has 1 saturated heterocycles. The normalized spacial score (nSPS) is 14.0. The molecule has 2 aromatic carbocycles. The van der Waals surface area contributed by atoms with E-state index in [1.165, 1.54) is 22.2 Å². The Morgan fingerprint density at radius 2 is 1.82 bits per heavy atom. The zero-order chi connectivity index (χ0) is 22.8. The summed E-state index contributed by atoms with van der Waals surface area (Å²) in [5, 5.41) is 0.553. The fourth-order valence-electron chi connectivity index (χ4n) is 4.08. The average Bonchev–Trinajstić information content (AvgIpc) is 3.32. The maximum absolute atomic E-state index is 13.0. The summed E-state index contributed by atoms with van der Waals surface area (Å²) in [6.45, 7) is 2.68. The molecule has 0 radical (unpaired) electrons. The molecule has 1 aliphatic heterocycles. The fourth-order valence-corrected chi connectivity index (χ4v) is 5.08. The van der Waals surface area contributed by atoms with Crippen molar-refractivity contribution in [3.8, 4) is 16.2 Å². The summed E-state index contributed by atoms with van der Waals surface area (Å²) in [4.78, 5) is 36.1. The van der Waals surface area contributed by atoms with Gasteiger partial charge in [0.25, 0.3) is 5.56 Å². The minimum absolute atomic E-state index is 0.00253. The van der Waals surface area contributed by atoms with Gasteiger partial charge in [0.05, 0.1) is 18.8 Å². The molecule has 8 heteroatoms. The average molecular weight is 461 g/mol. The van der Waals surface area contributed by atoms with E-state index in [4.69, 9.17) is 4.74 Å². The van der Waals surface area contributed by atoms with E-state index in [1.54, 1.807) is 7.11 Å². The van der Waals surface area contributed by atoms with Gasteiger partial charge in [0.15, 0.2) is 0 Å². The molecule has 0 saturated carbocycles. The number of hydrogen-bond donors (Lipinski definition) is 0. The number of aromatic nitrogens is 2. The maximum atomic E-state index is 13.0. The highest BCUT2D eigenvalue weighted by Crippen LogP contribution is 2.30. The predicted octanol–water partition coefficient (Wildman–Crippen LogP) is 3.48. The number of piperazine rings is 1. The first kappa shape index (κ1) is 21.2. The number of amides is 1. The van der Waals surface area contributed by atoms with Crippen LogP contribution >= 0.6 is 11.3 Å². The van der Waals surface area contributed by atoms with E-state index in [0.29, 0.717) is 23.3 Å². The third kappa shape index (κ3) is 4.34. The molecule has 5 rings (SSSR count). The van der Waals surface area contributed by atoms with Crippen LogP contribution in [0.25, 0.3) is 20.7 Å². The Kier molecular flexibility index (Phi) is 5.83. The smallest absolute Gasteiger partial charge is 0.262 e. The molecule has 0 spiro atoms. The first-order valence-electron chi connectivity index (χ1n) is 10.8. The topological polar surface area (TPSA) is 67.7 Å². The fraction of sp³-hybridized carbons (Fsp3) is 0.240. The van der Waals surface area contributed by atoms with E-state index in [2.05, 4.69) is 9.88 Å². The lowest BCUT2D eigenvalue weighted by Gasteiger charge is -2.36. The molecule has 0 N–H and O–H groups in total. The van der Waals surface area contributed by atoms with Gasteiger partial charge in [-0.05, 0) is 23.8 Å². The second kappa shape index (κ2) is 9.07. The Morgan fingerprint density at radius 1 is 1.03 bits per heavy atom. The van der Waals surface area contributed by atoms with Crippen LogP contribution in [-0.2, 0) is 11.3 Å². The third-order valence-electron chi connectivity index (χ3n) is 5.93. The molecule has 3 heterocycles. The molecular formula is C25H24N4O3S. The van der Waals surface area contributed by atoms with Gasteiger partial charge in [0.1, 0.15) is 17.1 Å². The SMILES string of the molecule is COc1cccc(N2CCN(C(=O)Cn3cnc4sc(-c5ccccc5)cc4c3=O)CC2)c1. The Hall–Kier alpha value is -3.65. The molecule has 1 fully saturated rings. The molecule has 7 nitrogen and oxygen atoms in total. The number of hydrogen-bond acceptors (Lipinski definition) is 6. The predicted molar refractivity (Wildman–Crippen MR) is 131 cm³/mol. The van der Waals surface area contributed by atoms with Crippen molar-refractivity contribution in [1.82, 2.24) is 14.5 Å². The zero-order valence-corrected chi connectivity index (χ0v) is 19.1. The molecular weight excluding hydrogens is 436 g/mol. The Balaban J connectivity index is 1.27. The van der Waals surface area contributed by atoms with Crippen molar-refractivity contribution < 1.29 is 9.53 Å². The van der Waals surface area contributed by atoms with Crippen molar-refractivity contribution in [2.75, 3.05) is 38.2 Å². The lowest BCUT2D eigenvalue weighted by molar-refractivity contribution is -0.132. The van der Waals surface area contributed by atoms with Gasteiger partial charge >= 0.3 is 0 Å². The van der Waals surface area contributed by atoms with Gasteiger partial charge in [0, 0.05) is 42.8 Å². The Labute approximate surface area is 195 Å². The minimum Gasteiger partial charge on any atom is -0.497 e. The minimum atomic E-state index is -0.179. The standard InChI is InChI=1S/C25H24N4O3S/c1-32-20-9-5-8-19(14-20)27-10-12-28(13-11-27)23(30)16-29-17-26-24-21(25(29)31)15-22(33-24)18-6-3-2-4-7-18/h2-9,14-15,17H,10-13,16H2,1H3. The number of methoxy groups -OCH3 is 1. The number of nitrogens with zero attached hydrogens (tertiary/aromatic N) is 4. The van der Waals surface area contributed by atoms with Gasteiger partial charge in [-0.2, -0.15) is 0 Å². The van der Waals surface area contributed by atoms with Crippen LogP contribution in [0.2, 0.25) is 0 Å². The summed E-state index contributed by atoms with van der Waals surface area (Å²) in [5.74, 6) is 0.749. The maximum Gasteiger partial charge on any atom is 0.262 e. The summed E-state index contributed by atoms with van der Waals surface area (Å²) >= 11 is 1.49. The van der Waals surface area contributed by atoms with Crippen molar-refractivity contribution in [1.29, 1.82) is 0 Å². The lowest BCUT2D eigenvalue weighted by atomic mass is 10.2. The van der Waals surface area contributed by atoms with Crippen LogP contribution in [0.5, 0.6) is 5.75 Å². The van der Waals surface area contributed by atoms with E-state index in [1.807, 2.05) is 65.6 Å². The second-order valence-electron chi connectivity index (χ2n) is 7.94. The highest BCUT2D eigenvalue weighted by atomic mass is 32.1. The van der Waals surface area contributed by atoms with Crippen LogP contribution < -0.4 is 15.2 Å². The van der Waals surface area contributed by atoms with Crippen LogP contribution in [-0.4, -0.2) is 53.6 Å². The summed E-state index contributed by atoms with van der Waals surface area (Å²) < 4.78 is 6.73. The van der Waals surface area contributed by atoms with E-state index in [9.17, 15) is 9.59 Å². The van der Waals surface area contributed by atoms with E-state index < -0.39 is 0 Å². The van der Waals surface area contributed by atoms with Gasteiger partial charge in [0.2, 0.25) is 5.91 Å². The number of benzene rings is 2. The van der Waals surface area contributed by atoms with Gasteiger partial charge < -0.3 is 14.5 Å². The van der Waals surface area contributed by atoms with Crippen molar-refractivity contribution in [3.05, 3.63) is 77.3 Å². The van der Waals surface area contributed by atoms with Crippen LogP contribution in [0.15, 0.2) is 71.8 Å². The van der Waals surface area contributed by atoms with Crippen molar-refractivity contribution in [2.24, 2.45) is 0 Å². The summed E-state index contributed by atoms with van der Waals surface area (Å²) in [6, 6.07) is 19.7. The van der Waals surface area contributed by atoms with Crippen molar-refractivity contribution >= 4 is 33.1 Å². The highest BCUT2D eigenvalue weighted by Gasteiger charge is 2.22. The van der Waals surface area contributed by atoms with E-state index in [-0.39, 0.29) is 18.0 Å². The molecule has 0 bridgehead atoms. The Morgan fingerprint density at radius 3 is 2.58 bits per heavy atom. The third-order valence-corrected chi connectivity index (χ3v) is 7.03. The lowest BCUT2D eigenvalue weighted by Crippen LogP contribution is -2.50. The molecule has 0 atom stereocenters. The number of carbonyl (C=O) groups excluding carboxylic acids is 1. The van der Waals surface area contributed by atoms with Crippen LogP contribution in [0.3, 0.4) is 0 Å². The summed E-state index contributed by atoms with van der Waals surface area (Å²) in [5.41, 5.74) is 1.96. The number of rotatable bonds is 5. The molecule has 2 aromatic heterocycles. The largest absolute Gasteiger partial charge is 0.497 e. The number of thiophene rings is 1. The van der Waals surface area contributed by atoms with Crippen LogP contribution in [0, 0.1) is 0 Å². The Bertz CT molecular complexity index is 1340. The van der Waals surface area contributed by atoms with E-state index in [0.717, 1.165) is 35.0 Å². The molecule has 1 amide bonds. The van der Waals surface area contributed by atoms with E-state index >= 15 is 0 Å². The summed E-state index contributed by atoms with van der Waals surface area (Å²) in [6.07, 6.45) is 1.49. The summed E-state index contributed by atoms with van der Waals surface area (Å²) in [7, 11) is 1.66. The van der Waals surface area contributed by atoms with Crippen LogP contribution in [0.4, 0.5) is 5.69 Å². The number of ether oxygens (including phenoxy) is 1. The number of anilines is 1. The molecule has 168 valence electrons. The first-order valence-corrected chi connectivity index (χ1v) is 11.7.